The summed E-state index contributed by atoms with van der Waals surface area (Å²) in [4.78, 5) is 58.1. The smallest absolute Gasteiger partial charge is 0.303 e. The molecule has 0 bridgehead atoms. The molecule has 2 fully saturated rings. The highest BCUT2D eigenvalue weighted by atomic mass is 16.7. The maximum absolute atomic E-state index is 12.2. The number of amides is 1. The van der Waals surface area contributed by atoms with E-state index in [1.165, 1.54) is 6.92 Å². The van der Waals surface area contributed by atoms with Crippen LogP contribution in [-0.2, 0) is 47.7 Å². The van der Waals surface area contributed by atoms with Gasteiger partial charge >= 0.3 is 23.9 Å². The molecule has 2 rings (SSSR count). The Morgan fingerprint density at radius 3 is 1.97 bits per heavy atom. The Labute approximate surface area is 167 Å². The van der Waals surface area contributed by atoms with Crippen molar-refractivity contribution in [3.05, 3.63) is 0 Å². The maximum atomic E-state index is 12.2. The van der Waals surface area contributed by atoms with Crippen molar-refractivity contribution in [3.63, 3.8) is 0 Å². The van der Waals surface area contributed by atoms with Crippen LogP contribution in [0, 0.1) is 5.92 Å². The Balaban J connectivity index is 2.29. The lowest BCUT2D eigenvalue weighted by Crippen LogP contribution is -2.48. The molecule has 1 aliphatic heterocycles. The van der Waals surface area contributed by atoms with E-state index in [0.717, 1.165) is 33.6 Å². The largest absolute Gasteiger partial charge is 0.462 e. The Morgan fingerprint density at radius 2 is 1.48 bits per heavy atom. The summed E-state index contributed by atoms with van der Waals surface area (Å²) in [6, 6.07) is 0. The molecule has 1 N–H and O–H groups in total. The van der Waals surface area contributed by atoms with Gasteiger partial charge in [0.1, 0.15) is 12.7 Å². The van der Waals surface area contributed by atoms with Gasteiger partial charge in [0.15, 0.2) is 24.5 Å². The lowest BCUT2D eigenvalue weighted by atomic mass is 10.0. The topological polar surface area (TPSA) is 144 Å². The second kappa shape index (κ2) is 9.68. The lowest BCUT2D eigenvalue weighted by Gasteiger charge is -2.27. The van der Waals surface area contributed by atoms with E-state index in [1.54, 1.807) is 0 Å². The van der Waals surface area contributed by atoms with Crippen LogP contribution in [0.15, 0.2) is 0 Å². The number of hydrogen-bond donors (Lipinski definition) is 1. The molecule has 1 saturated heterocycles. The maximum Gasteiger partial charge on any atom is 0.303 e. The minimum absolute atomic E-state index is 0.159. The van der Waals surface area contributed by atoms with E-state index >= 15 is 0 Å². The van der Waals surface area contributed by atoms with Gasteiger partial charge < -0.3 is 29.0 Å². The third-order valence-electron chi connectivity index (χ3n) is 4.22. The summed E-state index contributed by atoms with van der Waals surface area (Å²) in [6.45, 7) is 4.23. The van der Waals surface area contributed by atoms with Gasteiger partial charge in [-0.1, -0.05) is 0 Å². The summed E-state index contributed by atoms with van der Waals surface area (Å²) in [5.74, 6) is -3.16. The monoisotopic (exact) mass is 415 g/mol. The van der Waals surface area contributed by atoms with Crippen LogP contribution in [0.1, 0.15) is 40.5 Å². The highest BCUT2D eigenvalue weighted by Crippen LogP contribution is 2.32. The number of rotatable bonds is 8. The first-order valence-corrected chi connectivity index (χ1v) is 9.19. The fourth-order valence-corrected chi connectivity index (χ4v) is 2.96. The Kier molecular flexibility index (Phi) is 7.54. The minimum atomic E-state index is -1.21. The van der Waals surface area contributed by atoms with Gasteiger partial charge in [-0.25, -0.2) is 0 Å². The van der Waals surface area contributed by atoms with Crippen LogP contribution in [-0.4, -0.2) is 67.0 Å². The molecular formula is C18H25NO10. The molecule has 11 heteroatoms. The van der Waals surface area contributed by atoms with Gasteiger partial charge in [0.05, 0.1) is 0 Å². The third kappa shape index (κ3) is 6.70. The van der Waals surface area contributed by atoms with E-state index in [1.807, 2.05) is 0 Å². The van der Waals surface area contributed by atoms with Gasteiger partial charge in [-0.3, -0.25) is 24.0 Å². The fraction of sp³-hybridized carbons (Fsp3) is 0.722. The summed E-state index contributed by atoms with van der Waals surface area (Å²) in [5, 5.41) is 2.62. The number of nitrogens with one attached hydrogen (secondary N) is 1. The van der Waals surface area contributed by atoms with E-state index in [9.17, 15) is 24.0 Å². The SMILES string of the molecule is CC(=O)OC[C@@H](OC(C)=O)[C@@H]1O[C@@H](NC(=O)C2CC2)[C@@H](OC(C)=O)[C@H]1OC(C)=O. The van der Waals surface area contributed by atoms with Crippen molar-refractivity contribution in [3.8, 4) is 0 Å². The Hall–Kier alpha value is -2.69. The first-order chi connectivity index (χ1) is 13.6. The van der Waals surface area contributed by atoms with Gasteiger partial charge in [-0.15, -0.1) is 0 Å². The minimum Gasteiger partial charge on any atom is -0.462 e. The number of hydrogen-bond acceptors (Lipinski definition) is 10. The first-order valence-electron chi connectivity index (χ1n) is 9.19. The number of esters is 4. The normalized spacial score (nSPS) is 26.8. The molecule has 11 nitrogen and oxygen atoms in total. The molecule has 29 heavy (non-hydrogen) atoms. The fourth-order valence-electron chi connectivity index (χ4n) is 2.96. The van der Waals surface area contributed by atoms with Crippen LogP contribution in [0.3, 0.4) is 0 Å². The standard InChI is InChI=1S/C18H25NO10/c1-8(20)25-7-13(26-9(2)21)14-15(27-10(3)22)16(28-11(4)23)18(29-14)19-17(24)12-5-6-12/h12-16,18H,5-7H2,1-4H3,(H,19,24)/t13-,14+,15+,16+,18-/m1/s1. The van der Waals surface area contributed by atoms with E-state index in [2.05, 4.69) is 5.32 Å². The molecule has 0 unspecified atom stereocenters. The summed E-state index contributed by atoms with van der Waals surface area (Å²) >= 11 is 0. The Morgan fingerprint density at radius 1 is 0.897 bits per heavy atom. The van der Waals surface area contributed by atoms with Crippen LogP contribution in [0.4, 0.5) is 0 Å². The van der Waals surface area contributed by atoms with E-state index in [4.69, 9.17) is 23.7 Å². The lowest BCUT2D eigenvalue weighted by molar-refractivity contribution is -0.177. The zero-order valence-corrected chi connectivity index (χ0v) is 16.7. The third-order valence-corrected chi connectivity index (χ3v) is 4.22. The molecular weight excluding hydrogens is 390 g/mol. The van der Waals surface area contributed by atoms with Gasteiger partial charge in [-0.05, 0) is 12.8 Å². The summed E-state index contributed by atoms with van der Waals surface area (Å²) in [7, 11) is 0. The average molecular weight is 415 g/mol. The first kappa shape index (κ1) is 22.6. The number of carbonyl (C=O) groups excluding carboxylic acids is 5. The summed E-state index contributed by atoms with van der Waals surface area (Å²) in [5.41, 5.74) is 0. The average Bonchev–Trinajstić information content (AvgIpc) is 3.39. The van der Waals surface area contributed by atoms with Crippen molar-refractivity contribution in [2.75, 3.05) is 6.61 Å². The van der Waals surface area contributed by atoms with Gasteiger partial charge in [0.2, 0.25) is 5.91 Å². The highest BCUT2D eigenvalue weighted by Gasteiger charge is 2.54. The van der Waals surface area contributed by atoms with Crippen LogP contribution >= 0.6 is 0 Å². The van der Waals surface area contributed by atoms with Crippen molar-refractivity contribution < 1.29 is 47.7 Å². The Bertz CT molecular complexity index is 674. The summed E-state index contributed by atoms with van der Waals surface area (Å²) < 4.78 is 26.4. The predicted octanol–water partition coefficient (Wildman–Crippen LogP) is -0.404. The zero-order chi connectivity index (χ0) is 21.7. The molecule has 5 atom stereocenters. The van der Waals surface area contributed by atoms with Crippen LogP contribution in [0.5, 0.6) is 0 Å². The zero-order valence-electron chi connectivity index (χ0n) is 16.7. The van der Waals surface area contributed by atoms with E-state index in [0.29, 0.717) is 0 Å². The molecule has 0 spiro atoms. The second-order valence-electron chi connectivity index (χ2n) is 6.90. The van der Waals surface area contributed by atoms with Crippen LogP contribution < -0.4 is 5.32 Å². The molecule has 2 aliphatic rings. The van der Waals surface area contributed by atoms with Crippen molar-refractivity contribution in [2.45, 2.75) is 71.2 Å². The highest BCUT2D eigenvalue weighted by molar-refractivity contribution is 5.81. The predicted molar refractivity (Wildman–Crippen MR) is 92.8 cm³/mol. The quantitative estimate of drug-likeness (QED) is 0.410. The van der Waals surface area contributed by atoms with Crippen molar-refractivity contribution in [2.24, 2.45) is 5.92 Å². The second-order valence-corrected chi connectivity index (χ2v) is 6.90. The van der Waals surface area contributed by atoms with Crippen molar-refractivity contribution in [1.29, 1.82) is 0 Å². The summed E-state index contributed by atoms with van der Waals surface area (Å²) in [6.07, 6.45) is -4.39. The van der Waals surface area contributed by atoms with E-state index < -0.39 is 54.5 Å². The molecule has 1 saturated carbocycles. The molecule has 1 heterocycles. The van der Waals surface area contributed by atoms with Crippen molar-refractivity contribution in [1.82, 2.24) is 5.32 Å². The molecule has 0 radical (unpaired) electrons. The molecule has 0 aromatic carbocycles. The number of ether oxygens (including phenoxy) is 5. The molecule has 0 aromatic heterocycles. The molecule has 1 aliphatic carbocycles. The van der Waals surface area contributed by atoms with Crippen LogP contribution in [0.25, 0.3) is 0 Å². The van der Waals surface area contributed by atoms with Gasteiger partial charge in [-0.2, -0.15) is 0 Å². The van der Waals surface area contributed by atoms with E-state index in [-0.39, 0.29) is 18.4 Å². The molecule has 162 valence electrons. The number of carbonyl (C=O) groups is 5. The molecule has 0 aromatic rings. The van der Waals surface area contributed by atoms with Gasteiger partial charge in [0, 0.05) is 33.6 Å². The van der Waals surface area contributed by atoms with Crippen LogP contribution in [0.2, 0.25) is 0 Å². The van der Waals surface area contributed by atoms with Crippen molar-refractivity contribution >= 4 is 29.8 Å². The van der Waals surface area contributed by atoms with Gasteiger partial charge in [0.25, 0.3) is 0 Å². The molecule has 1 amide bonds.